The molecule has 0 radical (unpaired) electrons. The van der Waals surface area contributed by atoms with Gasteiger partial charge in [-0.15, -0.1) is 0 Å². The summed E-state index contributed by atoms with van der Waals surface area (Å²) in [6.45, 7) is 0. The van der Waals surface area contributed by atoms with E-state index in [-0.39, 0.29) is 23.0 Å². The molecule has 1 unspecified atom stereocenters. The Bertz CT molecular complexity index is 740. The van der Waals surface area contributed by atoms with E-state index in [9.17, 15) is 4.79 Å². The highest BCUT2D eigenvalue weighted by molar-refractivity contribution is 5.88. The molecule has 2 heterocycles. The molecule has 1 aromatic carbocycles. The number of likely N-dealkylation sites (N-methyl/N-ethyl adjacent to an activating group) is 1. The second-order valence-electron chi connectivity index (χ2n) is 6.92. The van der Waals surface area contributed by atoms with E-state index in [1.165, 1.54) is 11.1 Å². The number of methoxy groups -OCH3 is 1. The second kappa shape index (κ2) is 3.67. The van der Waals surface area contributed by atoms with Crippen LogP contribution in [0.4, 0.5) is 0 Å². The van der Waals surface area contributed by atoms with Gasteiger partial charge in [0.1, 0.15) is 6.10 Å². The molecule has 0 N–H and O–H groups in total. The van der Waals surface area contributed by atoms with E-state index in [2.05, 4.69) is 18.2 Å². The van der Waals surface area contributed by atoms with Crippen LogP contribution < -0.4 is 9.47 Å². The quantitative estimate of drug-likeness (QED) is 0.799. The van der Waals surface area contributed by atoms with E-state index < -0.39 is 0 Å². The zero-order valence-corrected chi connectivity index (χ0v) is 12.9. The molecule has 2 aliphatic heterocycles. The average molecular weight is 297 g/mol. The zero-order valence-electron chi connectivity index (χ0n) is 12.9. The molecule has 5 rings (SSSR count). The zero-order chi connectivity index (χ0) is 15.1. The van der Waals surface area contributed by atoms with Crippen molar-refractivity contribution in [2.45, 2.75) is 42.7 Å². The minimum absolute atomic E-state index is 0.0742. The lowest BCUT2D eigenvalue weighted by molar-refractivity contribution is -0.129. The van der Waals surface area contributed by atoms with E-state index in [4.69, 9.17) is 9.47 Å². The highest BCUT2D eigenvalue weighted by Crippen LogP contribution is 2.66. The third kappa shape index (κ3) is 1.07. The van der Waals surface area contributed by atoms with Crippen molar-refractivity contribution in [2.75, 3.05) is 14.2 Å². The van der Waals surface area contributed by atoms with Crippen molar-refractivity contribution in [2.24, 2.45) is 0 Å². The molecule has 2 fully saturated rings. The maximum atomic E-state index is 12.6. The van der Waals surface area contributed by atoms with Crippen LogP contribution in [0.1, 0.15) is 36.8 Å². The Morgan fingerprint density at radius 3 is 3.09 bits per heavy atom. The van der Waals surface area contributed by atoms with Crippen LogP contribution >= 0.6 is 0 Å². The number of carbonyl (C=O) groups is 1. The maximum Gasteiger partial charge on any atom is 0.224 e. The van der Waals surface area contributed by atoms with Crippen LogP contribution in [0.2, 0.25) is 0 Å². The molecule has 3 atom stereocenters. The fraction of sp³-hybridized carbons (Fsp3) is 0.500. The topological polar surface area (TPSA) is 38.8 Å². The summed E-state index contributed by atoms with van der Waals surface area (Å²) >= 11 is 0. The monoisotopic (exact) mass is 297 g/mol. The number of hydrogen-bond donors (Lipinski definition) is 0. The summed E-state index contributed by atoms with van der Waals surface area (Å²) in [6, 6.07) is 4.07. The molecule has 0 bridgehead atoms. The molecule has 4 nitrogen and oxygen atoms in total. The van der Waals surface area contributed by atoms with Crippen LogP contribution in [0.3, 0.4) is 0 Å². The summed E-state index contributed by atoms with van der Waals surface area (Å²) in [7, 11) is 3.63. The predicted molar refractivity (Wildman–Crippen MR) is 82.1 cm³/mol. The van der Waals surface area contributed by atoms with Gasteiger partial charge in [0.15, 0.2) is 11.5 Å². The van der Waals surface area contributed by atoms with E-state index in [1.54, 1.807) is 7.11 Å². The fourth-order valence-electron chi connectivity index (χ4n) is 5.41. The lowest BCUT2D eigenvalue weighted by Gasteiger charge is -2.52. The van der Waals surface area contributed by atoms with Crippen molar-refractivity contribution in [3.05, 3.63) is 29.3 Å². The van der Waals surface area contributed by atoms with Crippen molar-refractivity contribution in [1.29, 1.82) is 0 Å². The maximum absolute atomic E-state index is 12.6. The molecular weight excluding hydrogens is 278 g/mol. The molecule has 2 aliphatic carbocycles. The third-order valence-corrected chi connectivity index (χ3v) is 6.37. The molecule has 4 aliphatic rings. The second-order valence-corrected chi connectivity index (χ2v) is 6.92. The number of ether oxygens (including phenoxy) is 2. The largest absolute Gasteiger partial charge is 0.493 e. The minimum Gasteiger partial charge on any atom is -0.493 e. The summed E-state index contributed by atoms with van der Waals surface area (Å²) in [4.78, 5) is 14.6. The SMILES string of the molecule is COc1ccc2c3c1O[C@@H]1CCCC4(C=C2)N(C)C(=O)C[C@]314. The number of likely N-dealkylation sites (tertiary alicyclic amines) is 1. The molecule has 1 saturated heterocycles. The first-order valence-electron chi connectivity index (χ1n) is 7.98. The van der Waals surface area contributed by atoms with E-state index >= 15 is 0 Å². The Kier molecular flexibility index (Phi) is 2.10. The van der Waals surface area contributed by atoms with Gasteiger partial charge in [-0.1, -0.05) is 18.2 Å². The van der Waals surface area contributed by atoms with Crippen LogP contribution in [-0.4, -0.2) is 36.6 Å². The van der Waals surface area contributed by atoms with E-state index in [0.717, 1.165) is 30.8 Å². The molecule has 1 saturated carbocycles. The summed E-state index contributed by atoms with van der Waals surface area (Å²) in [6.07, 6.45) is 8.16. The number of benzene rings is 1. The molecule has 1 spiro atoms. The normalized spacial score (nSPS) is 36.9. The molecule has 1 aromatic rings. The van der Waals surface area contributed by atoms with Crippen LogP contribution in [0.25, 0.3) is 6.08 Å². The van der Waals surface area contributed by atoms with Gasteiger partial charge in [0.05, 0.1) is 18.1 Å². The highest BCUT2D eigenvalue weighted by Gasteiger charge is 2.71. The number of amides is 1. The molecular formula is C18H19NO3. The lowest BCUT2D eigenvalue weighted by Crippen LogP contribution is -2.61. The third-order valence-electron chi connectivity index (χ3n) is 6.37. The minimum atomic E-state index is -0.231. The number of carbonyl (C=O) groups excluding carboxylic acids is 1. The van der Waals surface area contributed by atoms with Gasteiger partial charge in [0.2, 0.25) is 5.91 Å². The average Bonchev–Trinajstić information content (AvgIpc) is 2.98. The Morgan fingerprint density at radius 1 is 1.41 bits per heavy atom. The van der Waals surface area contributed by atoms with Crippen molar-refractivity contribution >= 4 is 12.0 Å². The van der Waals surface area contributed by atoms with Gasteiger partial charge in [-0.3, -0.25) is 4.79 Å². The standard InChI is InChI=1S/C18H19NO3/c1-19-14(20)10-18-13-4-3-8-17(18,19)9-7-11-5-6-12(21-2)16(22-13)15(11)18/h5-7,9,13H,3-4,8,10H2,1-2H3/t13-,17?,18-/m1/s1. The first-order chi connectivity index (χ1) is 10.6. The van der Waals surface area contributed by atoms with Crippen LogP contribution in [-0.2, 0) is 10.2 Å². The summed E-state index contributed by atoms with van der Waals surface area (Å²) in [5.41, 5.74) is 1.93. The van der Waals surface area contributed by atoms with Crippen molar-refractivity contribution in [3.63, 3.8) is 0 Å². The van der Waals surface area contributed by atoms with Gasteiger partial charge < -0.3 is 14.4 Å². The first-order valence-corrected chi connectivity index (χ1v) is 7.98. The van der Waals surface area contributed by atoms with Crippen LogP contribution in [0.15, 0.2) is 18.2 Å². The van der Waals surface area contributed by atoms with Gasteiger partial charge in [-0.2, -0.15) is 0 Å². The van der Waals surface area contributed by atoms with Crippen molar-refractivity contribution in [3.8, 4) is 11.5 Å². The Morgan fingerprint density at radius 2 is 2.27 bits per heavy atom. The van der Waals surface area contributed by atoms with Crippen LogP contribution in [0, 0.1) is 0 Å². The van der Waals surface area contributed by atoms with Crippen molar-refractivity contribution < 1.29 is 14.3 Å². The smallest absolute Gasteiger partial charge is 0.224 e. The molecule has 4 heteroatoms. The predicted octanol–water partition coefficient (Wildman–Crippen LogP) is 2.51. The first kappa shape index (κ1) is 12.6. The Labute approximate surface area is 129 Å². The number of nitrogens with zero attached hydrogens (tertiary/aromatic N) is 1. The van der Waals surface area contributed by atoms with Gasteiger partial charge >= 0.3 is 0 Å². The van der Waals surface area contributed by atoms with E-state index in [0.29, 0.717) is 6.42 Å². The van der Waals surface area contributed by atoms with Gasteiger partial charge in [0.25, 0.3) is 0 Å². The molecule has 22 heavy (non-hydrogen) atoms. The van der Waals surface area contributed by atoms with Crippen LogP contribution in [0.5, 0.6) is 11.5 Å². The lowest BCUT2D eigenvalue weighted by atomic mass is 9.55. The van der Waals surface area contributed by atoms with Gasteiger partial charge in [-0.05, 0) is 30.9 Å². The fourth-order valence-corrected chi connectivity index (χ4v) is 5.41. The summed E-state index contributed by atoms with van der Waals surface area (Å²) in [5.74, 6) is 1.88. The summed E-state index contributed by atoms with van der Waals surface area (Å²) in [5, 5.41) is 0. The summed E-state index contributed by atoms with van der Waals surface area (Å²) < 4.78 is 11.9. The molecule has 114 valence electrons. The van der Waals surface area contributed by atoms with Crippen molar-refractivity contribution in [1.82, 2.24) is 4.90 Å². The highest BCUT2D eigenvalue weighted by atomic mass is 16.5. The van der Waals surface area contributed by atoms with E-state index in [1.807, 2.05) is 18.0 Å². The van der Waals surface area contributed by atoms with Gasteiger partial charge in [-0.25, -0.2) is 0 Å². The molecule has 0 aromatic heterocycles. The molecule has 1 amide bonds. The Hall–Kier alpha value is -1.97. The number of hydrogen-bond acceptors (Lipinski definition) is 3. The number of rotatable bonds is 1. The van der Waals surface area contributed by atoms with Gasteiger partial charge in [0, 0.05) is 19.0 Å². The Balaban J connectivity index is 1.88.